The molecule has 2 aromatic rings. The van der Waals surface area contributed by atoms with Crippen molar-refractivity contribution in [3.05, 3.63) is 47.1 Å². The van der Waals surface area contributed by atoms with E-state index in [1.165, 1.54) is 0 Å². The number of rotatable bonds is 1. The first-order chi connectivity index (χ1) is 8.63. The van der Waals surface area contributed by atoms with Crippen LogP contribution in [0.2, 0.25) is 0 Å². The first-order valence-electron chi connectivity index (χ1n) is 5.35. The smallest absolute Gasteiger partial charge is 0.125 e. The number of hydrazine groups is 2. The van der Waals surface area contributed by atoms with Crippen LogP contribution in [0.4, 0.5) is 0 Å². The van der Waals surface area contributed by atoms with Crippen LogP contribution in [0.1, 0.15) is 11.4 Å². The molecule has 6 nitrogen and oxygen atoms in total. The lowest BCUT2D eigenvalue weighted by Gasteiger charge is -2.19. The molecule has 3 rings (SSSR count). The SMILES string of the molecule is Cc1ncc2ccc(C3=NN(N)NC(Cl)=C3)cn12. The predicted octanol–water partition coefficient (Wildman–Crippen LogP) is 1.12. The van der Waals surface area contributed by atoms with E-state index in [1.807, 2.05) is 35.9 Å². The highest BCUT2D eigenvalue weighted by Crippen LogP contribution is 2.13. The molecule has 0 unspecified atom stereocenters. The molecular formula is C11H11ClN6. The molecule has 0 saturated heterocycles. The van der Waals surface area contributed by atoms with E-state index in [9.17, 15) is 0 Å². The van der Waals surface area contributed by atoms with Crippen LogP contribution >= 0.6 is 11.6 Å². The maximum atomic E-state index is 5.91. The quantitative estimate of drug-likeness (QED) is 0.597. The Bertz CT molecular complexity index is 671. The Labute approximate surface area is 108 Å². The molecule has 7 heteroatoms. The van der Waals surface area contributed by atoms with Gasteiger partial charge in [0, 0.05) is 17.8 Å². The Morgan fingerprint density at radius 3 is 3.00 bits per heavy atom. The first kappa shape index (κ1) is 11.1. The van der Waals surface area contributed by atoms with E-state index in [1.54, 1.807) is 6.08 Å². The van der Waals surface area contributed by atoms with Crippen molar-refractivity contribution in [3.63, 3.8) is 0 Å². The van der Waals surface area contributed by atoms with Crippen LogP contribution in [0.15, 0.2) is 40.9 Å². The Kier molecular flexibility index (Phi) is 2.46. The average Bonchev–Trinajstić information content (AvgIpc) is 2.69. The topological polar surface area (TPSA) is 71.0 Å². The molecule has 0 fully saturated rings. The minimum atomic E-state index is 0.421. The molecule has 3 N–H and O–H groups in total. The van der Waals surface area contributed by atoms with Crippen LogP contribution in [0.25, 0.3) is 5.52 Å². The summed E-state index contributed by atoms with van der Waals surface area (Å²) >= 11 is 5.91. The number of nitrogens with zero attached hydrogens (tertiary/aromatic N) is 4. The fourth-order valence-electron chi connectivity index (χ4n) is 1.84. The van der Waals surface area contributed by atoms with Crippen molar-refractivity contribution in [2.45, 2.75) is 6.92 Å². The Hall–Kier alpha value is -2.05. The van der Waals surface area contributed by atoms with Crippen molar-refractivity contribution >= 4 is 22.8 Å². The number of nitrogens with one attached hydrogen (secondary N) is 1. The van der Waals surface area contributed by atoms with Gasteiger partial charge in [-0.25, -0.2) is 10.8 Å². The molecule has 1 aliphatic heterocycles. The average molecular weight is 263 g/mol. The summed E-state index contributed by atoms with van der Waals surface area (Å²) in [6, 6.07) is 3.93. The second-order valence-corrected chi connectivity index (χ2v) is 4.36. The summed E-state index contributed by atoms with van der Waals surface area (Å²) in [7, 11) is 0. The summed E-state index contributed by atoms with van der Waals surface area (Å²) in [5.74, 6) is 6.48. The zero-order valence-electron chi connectivity index (χ0n) is 9.63. The number of allylic oxidation sites excluding steroid dienone is 1. The molecule has 0 radical (unpaired) electrons. The van der Waals surface area contributed by atoms with Gasteiger partial charge in [-0.3, -0.25) is 5.43 Å². The van der Waals surface area contributed by atoms with Crippen molar-refractivity contribution in [3.8, 4) is 0 Å². The molecule has 0 spiro atoms. The summed E-state index contributed by atoms with van der Waals surface area (Å²) < 4.78 is 1.99. The summed E-state index contributed by atoms with van der Waals surface area (Å²) in [6.45, 7) is 1.94. The monoisotopic (exact) mass is 262 g/mol. The zero-order valence-corrected chi connectivity index (χ0v) is 10.4. The molecule has 3 heterocycles. The lowest BCUT2D eigenvalue weighted by atomic mass is 10.1. The first-order valence-corrected chi connectivity index (χ1v) is 5.72. The molecule has 0 aliphatic carbocycles. The van der Waals surface area contributed by atoms with Gasteiger partial charge in [0.05, 0.1) is 17.4 Å². The fraction of sp³-hybridized carbons (Fsp3) is 0.0909. The summed E-state index contributed by atoms with van der Waals surface area (Å²) in [4.78, 5) is 4.25. The van der Waals surface area contributed by atoms with E-state index in [4.69, 9.17) is 17.4 Å². The highest BCUT2D eigenvalue weighted by molar-refractivity contribution is 6.31. The number of hydrazone groups is 1. The summed E-state index contributed by atoms with van der Waals surface area (Å²) in [5.41, 5.74) is 5.29. The molecule has 92 valence electrons. The number of hydrogen-bond acceptors (Lipinski definition) is 5. The van der Waals surface area contributed by atoms with Crippen LogP contribution in [0.5, 0.6) is 0 Å². The zero-order chi connectivity index (χ0) is 12.7. The number of fused-ring (bicyclic) bond motifs is 1. The van der Waals surface area contributed by atoms with Gasteiger partial charge in [0.25, 0.3) is 0 Å². The van der Waals surface area contributed by atoms with Crippen molar-refractivity contribution in [1.29, 1.82) is 0 Å². The van der Waals surface area contributed by atoms with E-state index >= 15 is 0 Å². The number of hydrogen-bond donors (Lipinski definition) is 2. The predicted molar refractivity (Wildman–Crippen MR) is 69.6 cm³/mol. The van der Waals surface area contributed by atoms with Gasteiger partial charge >= 0.3 is 0 Å². The minimum absolute atomic E-state index is 0.421. The second-order valence-electron chi connectivity index (χ2n) is 3.95. The Balaban J connectivity index is 2.11. The van der Waals surface area contributed by atoms with Crippen LogP contribution in [-0.2, 0) is 0 Å². The Morgan fingerprint density at radius 2 is 2.22 bits per heavy atom. The van der Waals surface area contributed by atoms with E-state index in [0.29, 0.717) is 10.9 Å². The van der Waals surface area contributed by atoms with E-state index < -0.39 is 0 Å². The van der Waals surface area contributed by atoms with Crippen LogP contribution in [0.3, 0.4) is 0 Å². The largest absolute Gasteiger partial charge is 0.303 e. The van der Waals surface area contributed by atoms with Crippen LogP contribution < -0.4 is 11.3 Å². The molecule has 0 bridgehead atoms. The highest BCUT2D eigenvalue weighted by Gasteiger charge is 2.11. The number of aromatic nitrogens is 2. The number of aryl methyl sites for hydroxylation is 1. The van der Waals surface area contributed by atoms with Crippen LogP contribution in [0, 0.1) is 6.92 Å². The molecule has 1 aliphatic rings. The Morgan fingerprint density at radius 1 is 1.39 bits per heavy atom. The van der Waals surface area contributed by atoms with E-state index in [2.05, 4.69) is 15.5 Å². The lowest BCUT2D eigenvalue weighted by molar-refractivity contribution is 0.233. The van der Waals surface area contributed by atoms with Gasteiger partial charge in [-0.2, -0.15) is 0 Å². The maximum absolute atomic E-state index is 5.91. The lowest BCUT2D eigenvalue weighted by Crippen LogP contribution is -2.41. The molecule has 0 amide bonds. The third kappa shape index (κ3) is 1.81. The number of halogens is 1. The van der Waals surface area contributed by atoms with Gasteiger partial charge in [0.1, 0.15) is 11.0 Å². The number of pyridine rings is 1. The highest BCUT2D eigenvalue weighted by atomic mass is 35.5. The molecule has 0 atom stereocenters. The molecular weight excluding hydrogens is 252 g/mol. The van der Waals surface area contributed by atoms with Crippen molar-refractivity contribution < 1.29 is 0 Å². The minimum Gasteiger partial charge on any atom is -0.303 e. The maximum Gasteiger partial charge on any atom is 0.125 e. The van der Waals surface area contributed by atoms with Gasteiger partial charge in [0.2, 0.25) is 0 Å². The normalized spacial score (nSPS) is 15.4. The third-order valence-electron chi connectivity index (χ3n) is 2.71. The van der Waals surface area contributed by atoms with Gasteiger partial charge in [-0.05, 0) is 19.1 Å². The van der Waals surface area contributed by atoms with Crippen LogP contribution in [-0.4, -0.2) is 20.3 Å². The van der Waals surface area contributed by atoms with Crippen molar-refractivity contribution in [2.75, 3.05) is 0 Å². The van der Waals surface area contributed by atoms with Crippen molar-refractivity contribution in [1.82, 2.24) is 20.0 Å². The van der Waals surface area contributed by atoms with Gasteiger partial charge in [-0.15, -0.1) is 10.3 Å². The van der Waals surface area contributed by atoms with E-state index in [-0.39, 0.29) is 0 Å². The molecule has 0 aromatic carbocycles. The molecule has 2 aromatic heterocycles. The summed E-state index contributed by atoms with van der Waals surface area (Å²) in [6.07, 6.45) is 5.50. The standard InChI is InChI=1S/C11H11ClN6/c1-7-14-5-9-3-2-8(6-17(7)9)10-4-11(12)16-18(13)15-10/h2-6,16H,13H2,1H3. The summed E-state index contributed by atoms with van der Waals surface area (Å²) in [5, 5.41) is 5.65. The van der Waals surface area contributed by atoms with Gasteiger partial charge < -0.3 is 4.40 Å². The van der Waals surface area contributed by atoms with E-state index in [0.717, 1.165) is 22.1 Å². The molecule has 0 saturated carbocycles. The number of imidazole rings is 1. The van der Waals surface area contributed by atoms with Crippen molar-refractivity contribution in [2.24, 2.45) is 10.9 Å². The third-order valence-corrected chi connectivity index (χ3v) is 2.90. The van der Waals surface area contributed by atoms with Gasteiger partial charge in [0.15, 0.2) is 0 Å². The number of nitrogens with two attached hydrogens (primary N) is 1. The second kappa shape index (κ2) is 4.01. The van der Waals surface area contributed by atoms with Gasteiger partial charge in [-0.1, -0.05) is 11.6 Å². The molecule has 18 heavy (non-hydrogen) atoms. The fourth-order valence-corrected chi connectivity index (χ4v) is 2.03.